The molecule has 3 heteroatoms. The summed E-state index contributed by atoms with van der Waals surface area (Å²) in [5.74, 6) is -0.0510. The standard InChI is InChI=1S/C15H16N2O/c1-13-7-6-10-17(14(13)2)12-15(18)11-16-8-4-3-5-9-16/h3-12H,1-2H3. The molecule has 18 heavy (non-hydrogen) atoms. The van der Waals surface area contributed by atoms with E-state index in [9.17, 15) is 4.79 Å². The average Bonchev–Trinajstić information content (AvgIpc) is 2.36. The van der Waals surface area contributed by atoms with Gasteiger partial charge in [0.2, 0.25) is 0 Å². The Kier molecular flexibility index (Phi) is 3.63. The maximum absolute atomic E-state index is 11.9. The first kappa shape index (κ1) is 12.2. The van der Waals surface area contributed by atoms with Crippen molar-refractivity contribution in [1.82, 2.24) is 0 Å². The minimum atomic E-state index is -0.0510. The fraction of sp³-hybridized carbons (Fsp3) is 0.133. The predicted octanol–water partition coefficient (Wildman–Crippen LogP) is 1.17. The zero-order chi connectivity index (χ0) is 13.0. The molecule has 0 aromatic carbocycles. The first-order valence-electron chi connectivity index (χ1n) is 5.83. The second kappa shape index (κ2) is 5.36. The third-order valence-corrected chi connectivity index (χ3v) is 2.83. The number of nitrogens with zero attached hydrogens (tertiary/aromatic N) is 2. The summed E-state index contributed by atoms with van der Waals surface area (Å²) in [6.45, 7) is 7.16. The van der Waals surface area contributed by atoms with Crippen LogP contribution < -0.4 is 9.13 Å². The molecule has 0 saturated heterocycles. The Morgan fingerprint density at radius 2 is 1.72 bits per heavy atom. The van der Waals surface area contributed by atoms with Gasteiger partial charge in [0.25, 0.3) is 0 Å². The fourth-order valence-corrected chi connectivity index (χ4v) is 1.67. The molecule has 0 unspecified atom stereocenters. The second-order valence-electron chi connectivity index (χ2n) is 4.17. The van der Waals surface area contributed by atoms with E-state index in [1.54, 1.807) is 17.7 Å². The minimum Gasteiger partial charge on any atom is -0.408 e. The highest BCUT2D eigenvalue weighted by Gasteiger charge is 2.04. The predicted molar refractivity (Wildman–Crippen MR) is 67.2 cm³/mol. The number of rotatable bonds is 4. The van der Waals surface area contributed by atoms with Crippen molar-refractivity contribution in [1.29, 1.82) is 0 Å². The number of pyridine rings is 2. The Balaban J connectivity index is 2.06. The topological polar surface area (TPSA) is 24.8 Å². The van der Waals surface area contributed by atoms with Gasteiger partial charge in [-0.05, 0) is 6.92 Å². The van der Waals surface area contributed by atoms with E-state index < -0.39 is 0 Å². The number of carbonyl (C=O) groups excluding carboxylic acids is 1. The van der Waals surface area contributed by atoms with Gasteiger partial charge in [-0.3, -0.25) is 4.57 Å². The number of carbonyl (C=O) groups is 1. The fourth-order valence-electron chi connectivity index (χ4n) is 1.67. The molecule has 2 aromatic heterocycles. The summed E-state index contributed by atoms with van der Waals surface area (Å²) in [7, 11) is 0. The molecule has 2 rings (SSSR count). The third kappa shape index (κ3) is 2.88. The lowest BCUT2D eigenvalue weighted by Gasteiger charge is -2.14. The number of hydrogen-bond donors (Lipinski definition) is 0. The monoisotopic (exact) mass is 240 g/mol. The average molecular weight is 240 g/mol. The lowest BCUT2D eigenvalue weighted by atomic mass is 10.2. The van der Waals surface area contributed by atoms with Crippen molar-refractivity contribution >= 4 is 5.78 Å². The van der Waals surface area contributed by atoms with E-state index in [-0.39, 0.29) is 5.78 Å². The Hall–Kier alpha value is -2.29. The summed E-state index contributed by atoms with van der Waals surface area (Å²) in [4.78, 5) is 11.9. The van der Waals surface area contributed by atoms with Crippen molar-refractivity contribution in [2.75, 3.05) is 0 Å². The van der Waals surface area contributed by atoms with Gasteiger partial charge in [-0.15, -0.1) is 0 Å². The van der Waals surface area contributed by atoms with Crippen LogP contribution in [-0.4, -0.2) is 5.78 Å². The van der Waals surface area contributed by atoms with Crippen LogP contribution in [0.15, 0.2) is 48.9 Å². The molecule has 0 spiro atoms. The van der Waals surface area contributed by atoms with E-state index >= 15 is 0 Å². The van der Waals surface area contributed by atoms with E-state index in [0.29, 0.717) is 0 Å². The molecule has 0 bridgehead atoms. The maximum atomic E-state index is 11.9. The van der Waals surface area contributed by atoms with Crippen LogP contribution in [0.4, 0.5) is 0 Å². The summed E-state index contributed by atoms with van der Waals surface area (Å²) in [6, 6.07) is 9.64. The zero-order valence-electron chi connectivity index (χ0n) is 10.6. The molecule has 0 fully saturated rings. The molecule has 3 nitrogen and oxygen atoms in total. The normalized spacial score (nSPS) is 9.89. The van der Waals surface area contributed by atoms with Crippen molar-refractivity contribution in [3.05, 3.63) is 73.3 Å². The first-order valence-corrected chi connectivity index (χ1v) is 5.83. The molecule has 92 valence electrons. The van der Waals surface area contributed by atoms with Gasteiger partial charge in [-0.25, -0.2) is 0 Å². The van der Waals surface area contributed by atoms with Gasteiger partial charge in [0.05, 0.1) is 6.54 Å². The maximum Gasteiger partial charge on any atom is 0.157 e. The first-order chi connectivity index (χ1) is 8.66. The highest BCUT2D eigenvalue weighted by Crippen LogP contribution is 1.99. The van der Waals surface area contributed by atoms with Crippen LogP contribution >= 0.6 is 0 Å². The second-order valence-corrected chi connectivity index (χ2v) is 4.17. The summed E-state index contributed by atoms with van der Waals surface area (Å²) < 4.78 is 3.59. The molecule has 0 aliphatic heterocycles. The number of Topliss-reactive ketones (excluding diaryl/α,β-unsaturated/α-hetero) is 1. The largest absolute Gasteiger partial charge is 0.408 e. The van der Waals surface area contributed by atoms with Crippen LogP contribution in [0.25, 0.3) is 0 Å². The van der Waals surface area contributed by atoms with Gasteiger partial charge < -0.3 is 9.36 Å². The van der Waals surface area contributed by atoms with Gasteiger partial charge in [0, 0.05) is 30.6 Å². The van der Waals surface area contributed by atoms with E-state index in [0.717, 1.165) is 11.3 Å². The molecule has 0 N–H and O–H groups in total. The molecule has 2 heterocycles. The van der Waals surface area contributed by atoms with Crippen LogP contribution in [0.3, 0.4) is 0 Å². The lowest BCUT2D eigenvalue weighted by molar-refractivity contribution is -0.642. The van der Waals surface area contributed by atoms with Crippen molar-refractivity contribution < 1.29 is 13.9 Å². The van der Waals surface area contributed by atoms with Crippen molar-refractivity contribution in [2.45, 2.75) is 13.8 Å². The summed E-state index contributed by atoms with van der Waals surface area (Å²) in [6.07, 6.45) is 5.54. The molecular weight excluding hydrogens is 224 g/mol. The molecular formula is C15H16N2O. The number of hydrogen-bond acceptors (Lipinski definition) is 1. The molecule has 0 radical (unpaired) electrons. The van der Waals surface area contributed by atoms with Gasteiger partial charge in [-0.2, -0.15) is 0 Å². The SMILES string of the molecule is Cc1ccc[n+]([CH-]C(=O)[CH-][n+]2ccccc2)c1C. The Morgan fingerprint density at radius 3 is 2.44 bits per heavy atom. The summed E-state index contributed by atoms with van der Waals surface area (Å²) in [5, 5.41) is 0. The summed E-state index contributed by atoms with van der Waals surface area (Å²) >= 11 is 0. The van der Waals surface area contributed by atoms with Gasteiger partial charge in [0.1, 0.15) is 5.78 Å². The molecule has 0 saturated carbocycles. The molecule has 2 aromatic rings. The van der Waals surface area contributed by atoms with Crippen LogP contribution in [-0.2, 0) is 4.79 Å². The van der Waals surface area contributed by atoms with Crippen LogP contribution in [0.1, 0.15) is 11.3 Å². The van der Waals surface area contributed by atoms with E-state index in [2.05, 4.69) is 0 Å². The van der Waals surface area contributed by atoms with E-state index in [4.69, 9.17) is 0 Å². The highest BCUT2D eigenvalue weighted by molar-refractivity contribution is 5.90. The van der Waals surface area contributed by atoms with Crippen LogP contribution in [0, 0.1) is 26.9 Å². The lowest BCUT2D eigenvalue weighted by Crippen LogP contribution is -2.43. The molecule has 0 atom stereocenters. The van der Waals surface area contributed by atoms with Crippen LogP contribution in [0.5, 0.6) is 0 Å². The number of aryl methyl sites for hydroxylation is 1. The van der Waals surface area contributed by atoms with Crippen molar-refractivity contribution in [2.24, 2.45) is 0 Å². The van der Waals surface area contributed by atoms with Crippen molar-refractivity contribution in [3.8, 4) is 0 Å². The Bertz CT molecular complexity index is 550. The summed E-state index contributed by atoms with van der Waals surface area (Å²) in [5.41, 5.74) is 2.23. The minimum absolute atomic E-state index is 0.0510. The van der Waals surface area contributed by atoms with Crippen molar-refractivity contribution in [3.63, 3.8) is 0 Å². The highest BCUT2D eigenvalue weighted by atomic mass is 16.1. The van der Waals surface area contributed by atoms with E-state index in [1.807, 2.05) is 67.3 Å². The number of aromatic nitrogens is 2. The molecule has 0 aliphatic carbocycles. The number of ketones is 1. The quantitative estimate of drug-likeness (QED) is 0.581. The van der Waals surface area contributed by atoms with Gasteiger partial charge in [0.15, 0.2) is 12.4 Å². The van der Waals surface area contributed by atoms with Crippen LogP contribution in [0.2, 0.25) is 0 Å². The van der Waals surface area contributed by atoms with E-state index in [1.165, 1.54) is 0 Å². The molecule has 0 aliphatic rings. The Labute approximate surface area is 107 Å². The molecule has 0 amide bonds. The Morgan fingerprint density at radius 1 is 1.00 bits per heavy atom. The zero-order valence-corrected chi connectivity index (χ0v) is 10.6. The smallest absolute Gasteiger partial charge is 0.157 e. The van der Waals surface area contributed by atoms with Gasteiger partial charge >= 0.3 is 0 Å². The van der Waals surface area contributed by atoms with Gasteiger partial charge in [-0.1, -0.05) is 30.7 Å². The third-order valence-electron chi connectivity index (χ3n) is 2.83.